The fourth-order valence-corrected chi connectivity index (χ4v) is 1.81. The fourth-order valence-electron chi connectivity index (χ4n) is 1.81. The van der Waals surface area contributed by atoms with Crippen molar-refractivity contribution < 1.29 is 14.2 Å². The summed E-state index contributed by atoms with van der Waals surface area (Å²) in [7, 11) is 1.69. The Bertz CT molecular complexity index is 170. The molecule has 0 bridgehead atoms. The van der Waals surface area contributed by atoms with Gasteiger partial charge in [0.1, 0.15) is 0 Å². The van der Waals surface area contributed by atoms with E-state index in [0.717, 1.165) is 45.6 Å². The zero-order chi connectivity index (χ0) is 11.7. The number of hydrogen-bond donors (Lipinski definition) is 1. The summed E-state index contributed by atoms with van der Waals surface area (Å²) in [6.45, 7) is 7.25. The number of methoxy groups -OCH3 is 1. The minimum atomic E-state index is 0.269. The van der Waals surface area contributed by atoms with Crippen molar-refractivity contribution in [3.63, 3.8) is 0 Å². The lowest BCUT2D eigenvalue weighted by atomic mass is 9.92. The molecule has 1 rings (SSSR count). The monoisotopic (exact) mass is 231 g/mol. The molecule has 0 aromatic heterocycles. The average Bonchev–Trinajstić information content (AvgIpc) is 2.29. The van der Waals surface area contributed by atoms with Crippen LogP contribution in [0.1, 0.15) is 26.2 Å². The molecule has 0 saturated carbocycles. The quantitative estimate of drug-likeness (QED) is 0.637. The number of rotatable bonds is 8. The lowest BCUT2D eigenvalue weighted by Crippen LogP contribution is -2.47. The molecule has 0 spiro atoms. The van der Waals surface area contributed by atoms with Gasteiger partial charge in [-0.05, 0) is 32.7 Å². The van der Waals surface area contributed by atoms with Gasteiger partial charge in [0, 0.05) is 32.5 Å². The molecule has 16 heavy (non-hydrogen) atoms. The summed E-state index contributed by atoms with van der Waals surface area (Å²) in [6.07, 6.45) is 3.27. The summed E-state index contributed by atoms with van der Waals surface area (Å²) in [6, 6.07) is 0. The third-order valence-corrected chi connectivity index (χ3v) is 3.05. The Morgan fingerprint density at radius 2 is 1.94 bits per heavy atom. The third kappa shape index (κ3) is 5.80. The third-order valence-electron chi connectivity index (χ3n) is 3.05. The maximum atomic E-state index is 5.41. The van der Waals surface area contributed by atoms with E-state index >= 15 is 0 Å². The van der Waals surface area contributed by atoms with E-state index in [1.165, 1.54) is 0 Å². The van der Waals surface area contributed by atoms with Gasteiger partial charge in [0.05, 0.1) is 13.2 Å². The van der Waals surface area contributed by atoms with Crippen LogP contribution >= 0.6 is 0 Å². The van der Waals surface area contributed by atoms with Crippen LogP contribution < -0.4 is 5.32 Å². The van der Waals surface area contributed by atoms with Crippen molar-refractivity contribution in [2.45, 2.75) is 31.7 Å². The average molecular weight is 231 g/mol. The Hall–Kier alpha value is -0.160. The first kappa shape index (κ1) is 13.9. The predicted molar refractivity (Wildman–Crippen MR) is 63.8 cm³/mol. The van der Waals surface area contributed by atoms with Crippen LogP contribution in [0, 0.1) is 0 Å². The van der Waals surface area contributed by atoms with Crippen molar-refractivity contribution in [2.75, 3.05) is 46.7 Å². The Morgan fingerprint density at radius 3 is 2.62 bits per heavy atom. The van der Waals surface area contributed by atoms with Crippen LogP contribution in [-0.4, -0.2) is 52.2 Å². The second kappa shape index (κ2) is 8.01. The maximum Gasteiger partial charge on any atom is 0.0700 e. The molecule has 0 radical (unpaired) electrons. The highest BCUT2D eigenvalue weighted by atomic mass is 16.5. The van der Waals surface area contributed by atoms with E-state index < -0.39 is 0 Å². The number of nitrogens with one attached hydrogen (secondary N) is 1. The van der Waals surface area contributed by atoms with Crippen molar-refractivity contribution in [3.05, 3.63) is 0 Å². The maximum absolute atomic E-state index is 5.41. The highest BCUT2D eigenvalue weighted by molar-refractivity contribution is 4.84. The van der Waals surface area contributed by atoms with Crippen molar-refractivity contribution in [2.24, 2.45) is 0 Å². The summed E-state index contributed by atoms with van der Waals surface area (Å²) in [5, 5.41) is 3.60. The molecule has 1 fully saturated rings. The van der Waals surface area contributed by atoms with Crippen LogP contribution in [0.15, 0.2) is 0 Å². The van der Waals surface area contributed by atoms with Gasteiger partial charge in [-0.25, -0.2) is 0 Å². The number of hydrogen-bond acceptors (Lipinski definition) is 4. The topological polar surface area (TPSA) is 39.7 Å². The van der Waals surface area contributed by atoms with E-state index in [-0.39, 0.29) is 5.54 Å². The normalized spacial score (nSPS) is 19.9. The van der Waals surface area contributed by atoms with Gasteiger partial charge in [-0.1, -0.05) is 0 Å². The van der Waals surface area contributed by atoms with Crippen LogP contribution in [0.4, 0.5) is 0 Å². The smallest absolute Gasteiger partial charge is 0.0700 e. The minimum absolute atomic E-state index is 0.269. The zero-order valence-corrected chi connectivity index (χ0v) is 10.6. The summed E-state index contributed by atoms with van der Waals surface area (Å²) < 4.78 is 15.7. The molecule has 4 heteroatoms. The van der Waals surface area contributed by atoms with Crippen molar-refractivity contribution in [3.8, 4) is 0 Å². The van der Waals surface area contributed by atoms with Gasteiger partial charge in [-0.15, -0.1) is 0 Å². The van der Waals surface area contributed by atoms with Crippen molar-refractivity contribution in [1.29, 1.82) is 0 Å². The van der Waals surface area contributed by atoms with E-state index in [2.05, 4.69) is 12.2 Å². The van der Waals surface area contributed by atoms with Crippen molar-refractivity contribution in [1.82, 2.24) is 5.32 Å². The molecule has 0 amide bonds. The SMILES string of the molecule is COCCOCCCNC1(C)CCOCC1. The molecule has 0 atom stereocenters. The molecular weight excluding hydrogens is 206 g/mol. The van der Waals surface area contributed by atoms with Crippen LogP contribution in [0.2, 0.25) is 0 Å². The van der Waals surface area contributed by atoms with Gasteiger partial charge < -0.3 is 19.5 Å². The first-order chi connectivity index (χ1) is 7.77. The lowest BCUT2D eigenvalue weighted by molar-refractivity contribution is 0.0420. The highest BCUT2D eigenvalue weighted by Crippen LogP contribution is 2.19. The molecule has 1 aliphatic heterocycles. The molecule has 0 aromatic rings. The van der Waals surface area contributed by atoms with Crippen LogP contribution in [0.5, 0.6) is 0 Å². The molecule has 0 aliphatic carbocycles. The van der Waals surface area contributed by atoms with Gasteiger partial charge in [-0.2, -0.15) is 0 Å². The Kier molecular flexibility index (Phi) is 6.96. The highest BCUT2D eigenvalue weighted by Gasteiger charge is 2.25. The van der Waals surface area contributed by atoms with E-state index in [4.69, 9.17) is 14.2 Å². The van der Waals surface area contributed by atoms with Crippen molar-refractivity contribution >= 4 is 0 Å². The van der Waals surface area contributed by atoms with Crippen LogP contribution in [0.3, 0.4) is 0 Å². The molecule has 1 heterocycles. The van der Waals surface area contributed by atoms with E-state index in [9.17, 15) is 0 Å². The fraction of sp³-hybridized carbons (Fsp3) is 1.00. The van der Waals surface area contributed by atoms with E-state index in [1.807, 2.05) is 0 Å². The van der Waals surface area contributed by atoms with E-state index in [1.54, 1.807) is 7.11 Å². The van der Waals surface area contributed by atoms with Gasteiger partial charge in [0.25, 0.3) is 0 Å². The first-order valence-corrected chi connectivity index (χ1v) is 6.16. The summed E-state index contributed by atoms with van der Waals surface area (Å²) in [5.41, 5.74) is 0.269. The molecule has 1 aliphatic rings. The molecular formula is C12H25NO3. The van der Waals surface area contributed by atoms with Gasteiger partial charge in [-0.3, -0.25) is 0 Å². The molecule has 1 saturated heterocycles. The standard InChI is InChI=1S/C12H25NO3/c1-12(4-8-16-9-5-12)13-6-3-7-15-11-10-14-2/h13H,3-11H2,1-2H3. The largest absolute Gasteiger partial charge is 0.382 e. The molecule has 4 nitrogen and oxygen atoms in total. The Balaban J connectivity index is 1.93. The molecule has 0 aromatic carbocycles. The second-order valence-electron chi connectivity index (χ2n) is 4.56. The molecule has 96 valence electrons. The second-order valence-corrected chi connectivity index (χ2v) is 4.56. The van der Waals surface area contributed by atoms with Crippen LogP contribution in [-0.2, 0) is 14.2 Å². The Morgan fingerprint density at radius 1 is 1.19 bits per heavy atom. The molecule has 0 unspecified atom stereocenters. The van der Waals surface area contributed by atoms with Gasteiger partial charge >= 0.3 is 0 Å². The van der Waals surface area contributed by atoms with E-state index in [0.29, 0.717) is 13.2 Å². The van der Waals surface area contributed by atoms with Gasteiger partial charge in [0.2, 0.25) is 0 Å². The molecule has 1 N–H and O–H groups in total. The zero-order valence-electron chi connectivity index (χ0n) is 10.6. The summed E-state index contributed by atoms with van der Waals surface area (Å²) in [4.78, 5) is 0. The Labute approximate surface area is 98.6 Å². The summed E-state index contributed by atoms with van der Waals surface area (Å²) in [5.74, 6) is 0. The first-order valence-electron chi connectivity index (χ1n) is 6.16. The van der Waals surface area contributed by atoms with Crippen LogP contribution in [0.25, 0.3) is 0 Å². The minimum Gasteiger partial charge on any atom is -0.382 e. The van der Waals surface area contributed by atoms with Gasteiger partial charge in [0.15, 0.2) is 0 Å². The number of ether oxygens (including phenoxy) is 3. The predicted octanol–water partition coefficient (Wildman–Crippen LogP) is 1.20. The lowest BCUT2D eigenvalue weighted by Gasteiger charge is -2.34. The summed E-state index contributed by atoms with van der Waals surface area (Å²) >= 11 is 0.